The first kappa shape index (κ1) is 11.5. The molecule has 2 heterocycles. The van der Waals surface area contributed by atoms with Crippen molar-refractivity contribution in [3.63, 3.8) is 0 Å². The standard InChI is InChI=1S/C13H15FN2O2/c1-8-7-17-9(2)6-16(8)13-15-11-5-10(14)3-4-12(11)18-13/h3-5,8-9H,6-7H2,1-2H3/t8-,9-/m0/s1. The van der Waals surface area contributed by atoms with E-state index < -0.39 is 0 Å². The summed E-state index contributed by atoms with van der Waals surface area (Å²) in [5.41, 5.74) is 1.16. The summed E-state index contributed by atoms with van der Waals surface area (Å²) in [5.74, 6) is -0.300. The van der Waals surface area contributed by atoms with Gasteiger partial charge in [-0.25, -0.2) is 4.39 Å². The Morgan fingerprint density at radius 3 is 3.06 bits per heavy atom. The van der Waals surface area contributed by atoms with Gasteiger partial charge in [0.1, 0.15) is 11.3 Å². The molecule has 4 nitrogen and oxygen atoms in total. The van der Waals surface area contributed by atoms with E-state index in [0.717, 1.165) is 6.54 Å². The third-order valence-electron chi connectivity index (χ3n) is 3.19. The van der Waals surface area contributed by atoms with Crippen LogP contribution in [-0.4, -0.2) is 30.3 Å². The number of morpholine rings is 1. The highest BCUT2D eigenvalue weighted by molar-refractivity contribution is 5.74. The number of oxazole rings is 1. The van der Waals surface area contributed by atoms with Crippen LogP contribution in [0.4, 0.5) is 10.4 Å². The fraction of sp³-hybridized carbons (Fsp3) is 0.462. The first-order chi connectivity index (χ1) is 8.63. The Hall–Kier alpha value is -1.62. The van der Waals surface area contributed by atoms with Crippen LogP contribution < -0.4 is 4.90 Å². The maximum Gasteiger partial charge on any atom is 0.298 e. The lowest BCUT2D eigenvalue weighted by Gasteiger charge is -2.35. The second-order valence-corrected chi connectivity index (χ2v) is 4.75. The highest BCUT2D eigenvalue weighted by Gasteiger charge is 2.27. The molecule has 1 aromatic carbocycles. The second-order valence-electron chi connectivity index (χ2n) is 4.75. The maximum absolute atomic E-state index is 13.1. The fourth-order valence-corrected chi connectivity index (χ4v) is 2.18. The second kappa shape index (κ2) is 4.24. The van der Waals surface area contributed by atoms with Gasteiger partial charge in [-0.15, -0.1) is 0 Å². The fourth-order valence-electron chi connectivity index (χ4n) is 2.18. The number of benzene rings is 1. The van der Waals surface area contributed by atoms with Crippen molar-refractivity contribution in [2.24, 2.45) is 0 Å². The zero-order chi connectivity index (χ0) is 12.7. The minimum Gasteiger partial charge on any atom is -0.423 e. The number of aromatic nitrogens is 1. The quantitative estimate of drug-likeness (QED) is 0.779. The third-order valence-corrected chi connectivity index (χ3v) is 3.19. The molecule has 0 saturated carbocycles. The van der Waals surface area contributed by atoms with E-state index in [1.165, 1.54) is 12.1 Å². The molecule has 18 heavy (non-hydrogen) atoms. The van der Waals surface area contributed by atoms with Gasteiger partial charge in [0, 0.05) is 12.6 Å². The van der Waals surface area contributed by atoms with E-state index in [2.05, 4.69) is 16.8 Å². The maximum atomic E-state index is 13.1. The molecule has 3 rings (SSSR count). The number of hydrogen-bond acceptors (Lipinski definition) is 4. The molecule has 1 aliphatic rings. The molecule has 5 heteroatoms. The van der Waals surface area contributed by atoms with Crippen LogP contribution in [0.1, 0.15) is 13.8 Å². The van der Waals surface area contributed by atoms with Crippen molar-refractivity contribution in [3.05, 3.63) is 24.0 Å². The zero-order valence-electron chi connectivity index (χ0n) is 10.4. The SMILES string of the molecule is C[C@H]1CN(c2nc3cc(F)ccc3o2)[C@@H](C)CO1. The molecule has 1 saturated heterocycles. The molecule has 2 aromatic rings. The number of rotatable bonds is 1. The molecular formula is C13H15FN2O2. The Morgan fingerprint density at radius 2 is 2.22 bits per heavy atom. The van der Waals surface area contributed by atoms with E-state index in [-0.39, 0.29) is 18.0 Å². The molecule has 1 aromatic heterocycles. The van der Waals surface area contributed by atoms with Crippen molar-refractivity contribution in [3.8, 4) is 0 Å². The highest BCUT2D eigenvalue weighted by atomic mass is 19.1. The summed E-state index contributed by atoms with van der Waals surface area (Å²) >= 11 is 0. The van der Waals surface area contributed by atoms with Gasteiger partial charge in [-0.2, -0.15) is 4.98 Å². The van der Waals surface area contributed by atoms with Gasteiger partial charge in [-0.3, -0.25) is 0 Å². The summed E-state index contributed by atoms with van der Waals surface area (Å²) in [6, 6.07) is 5.12. The minimum atomic E-state index is -0.300. The third kappa shape index (κ3) is 1.95. The summed E-state index contributed by atoms with van der Waals surface area (Å²) in [6.07, 6.45) is 0.146. The summed E-state index contributed by atoms with van der Waals surface area (Å²) < 4.78 is 24.3. The number of halogens is 1. The molecular weight excluding hydrogens is 235 g/mol. The van der Waals surface area contributed by atoms with Crippen LogP contribution in [0.15, 0.2) is 22.6 Å². The molecule has 1 aliphatic heterocycles. The van der Waals surface area contributed by atoms with Crippen molar-refractivity contribution in [2.75, 3.05) is 18.1 Å². The molecule has 0 aliphatic carbocycles. The molecule has 0 unspecified atom stereocenters. The van der Waals surface area contributed by atoms with Crippen LogP contribution in [0.2, 0.25) is 0 Å². The lowest BCUT2D eigenvalue weighted by atomic mass is 10.2. The van der Waals surface area contributed by atoms with Gasteiger partial charge >= 0.3 is 0 Å². The molecule has 0 bridgehead atoms. The predicted molar refractivity (Wildman–Crippen MR) is 66.2 cm³/mol. The van der Waals surface area contributed by atoms with Gasteiger partial charge < -0.3 is 14.1 Å². The van der Waals surface area contributed by atoms with Crippen molar-refractivity contribution in [1.29, 1.82) is 0 Å². The molecule has 0 N–H and O–H groups in total. The number of fused-ring (bicyclic) bond motifs is 1. The minimum absolute atomic E-state index is 0.146. The van der Waals surface area contributed by atoms with Crippen LogP contribution in [-0.2, 0) is 4.74 Å². The Bertz CT molecular complexity index is 569. The van der Waals surface area contributed by atoms with E-state index in [1.807, 2.05) is 6.92 Å². The normalized spacial score (nSPS) is 24.7. The van der Waals surface area contributed by atoms with E-state index in [9.17, 15) is 4.39 Å². The molecule has 0 spiro atoms. The average molecular weight is 250 g/mol. The number of anilines is 1. The van der Waals surface area contributed by atoms with Gasteiger partial charge in [0.15, 0.2) is 5.58 Å². The first-order valence-corrected chi connectivity index (χ1v) is 6.08. The van der Waals surface area contributed by atoms with Crippen LogP contribution in [0.3, 0.4) is 0 Å². The number of ether oxygens (including phenoxy) is 1. The van der Waals surface area contributed by atoms with Crippen LogP contribution in [0, 0.1) is 5.82 Å². The first-order valence-electron chi connectivity index (χ1n) is 6.08. The summed E-state index contributed by atoms with van der Waals surface area (Å²) in [4.78, 5) is 6.41. The Kier molecular flexibility index (Phi) is 2.70. The molecule has 0 amide bonds. The average Bonchev–Trinajstić information content (AvgIpc) is 2.74. The van der Waals surface area contributed by atoms with E-state index >= 15 is 0 Å². The molecule has 1 fully saturated rings. The molecule has 0 radical (unpaired) electrons. The van der Waals surface area contributed by atoms with Gasteiger partial charge in [0.05, 0.1) is 18.8 Å². The van der Waals surface area contributed by atoms with Crippen molar-refractivity contribution < 1.29 is 13.5 Å². The van der Waals surface area contributed by atoms with Crippen LogP contribution in [0.5, 0.6) is 0 Å². The van der Waals surface area contributed by atoms with E-state index in [4.69, 9.17) is 9.15 Å². The van der Waals surface area contributed by atoms with Gasteiger partial charge in [0.25, 0.3) is 6.01 Å². The highest BCUT2D eigenvalue weighted by Crippen LogP contribution is 2.26. The summed E-state index contributed by atoms with van der Waals surface area (Å²) in [5, 5.41) is 0. The smallest absolute Gasteiger partial charge is 0.298 e. The van der Waals surface area contributed by atoms with Gasteiger partial charge in [0.2, 0.25) is 0 Å². The van der Waals surface area contributed by atoms with Gasteiger partial charge in [-0.1, -0.05) is 0 Å². The monoisotopic (exact) mass is 250 g/mol. The number of nitrogens with zero attached hydrogens (tertiary/aromatic N) is 2. The topological polar surface area (TPSA) is 38.5 Å². The van der Waals surface area contributed by atoms with Gasteiger partial charge in [-0.05, 0) is 26.0 Å². The number of hydrogen-bond donors (Lipinski definition) is 0. The van der Waals surface area contributed by atoms with Crippen molar-refractivity contribution in [2.45, 2.75) is 26.0 Å². The lowest BCUT2D eigenvalue weighted by molar-refractivity contribution is 0.0324. The molecule has 96 valence electrons. The Balaban J connectivity index is 1.97. The largest absolute Gasteiger partial charge is 0.423 e. The van der Waals surface area contributed by atoms with E-state index in [0.29, 0.717) is 23.7 Å². The Labute approximate surface area is 104 Å². The van der Waals surface area contributed by atoms with Crippen molar-refractivity contribution in [1.82, 2.24) is 4.98 Å². The van der Waals surface area contributed by atoms with Crippen LogP contribution in [0.25, 0.3) is 11.1 Å². The summed E-state index contributed by atoms with van der Waals surface area (Å²) in [7, 11) is 0. The van der Waals surface area contributed by atoms with Crippen LogP contribution >= 0.6 is 0 Å². The zero-order valence-corrected chi connectivity index (χ0v) is 10.4. The molecule has 2 atom stereocenters. The lowest BCUT2D eigenvalue weighted by Crippen LogP contribution is -2.47. The van der Waals surface area contributed by atoms with E-state index in [1.54, 1.807) is 6.07 Å². The Morgan fingerprint density at radius 1 is 1.39 bits per heavy atom. The van der Waals surface area contributed by atoms with Crippen molar-refractivity contribution >= 4 is 17.1 Å². The summed E-state index contributed by atoms with van der Waals surface area (Å²) in [6.45, 7) is 5.45. The predicted octanol–water partition coefficient (Wildman–Crippen LogP) is 2.58.